The lowest BCUT2D eigenvalue weighted by atomic mass is 10.2. The average molecular weight is 287 g/mol. The van der Waals surface area contributed by atoms with Crippen LogP contribution in [0.15, 0.2) is 18.3 Å². The molecule has 0 N–H and O–H groups in total. The van der Waals surface area contributed by atoms with Crippen molar-refractivity contribution in [2.45, 2.75) is 13.0 Å². The van der Waals surface area contributed by atoms with Gasteiger partial charge in [-0.25, -0.2) is 4.98 Å². The summed E-state index contributed by atoms with van der Waals surface area (Å²) in [6, 6.07) is 3.29. The van der Waals surface area contributed by atoms with Crippen molar-refractivity contribution >= 4 is 17.5 Å². The van der Waals surface area contributed by atoms with Crippen molar-refractivity contribution in [2.24, 2.45) is 0 Å². The highest BCUT2D eigenvalue weighted by molar-refractivity contribution is 6.32. The van der Waals surface area contributed by atoms with E-state index < -0.39 is 0 Å². The van der Waals surface area contributed by atoms with E-state index in [1.165, 1.54) is 0 Å². The third-order valence-corrected chi connectivity index (χ3v) is 3.03. The average Bonchev–Trinajstić information content (AvgIpc) is 2.39. The minimum absolute atomic E-state index is 0.0658. The molecule has 0 saturated carbocycles. The maximum atomic E-state index is 12.5. The van der Waals surface area contributed by atoms with Gasteiger partial charge in [0.2, 0.25) is 0 Å². The second-order valence-corrected chi connectivity index (χ2v) is 4.50. The van der Waals surface area contributed by atoms with Crippen LogP contribution in [0.4, 0.5) is 0 Å². The van der Waals surface area contributed by atoms with E-state index in [2.05, 4.69) is 4.98 Å². The standard InChI is InChI=1S/C13H19ClN2O3/c1-10(9-19-3)16(7-8-18-2)13(17)11-5-4-6-15-12(11)14/h4-6,10H,7-9H2,1-3H3. The summed E-state index contributed by atoms with van der Waals surface area (Å²) in [6.45, 7) is 3.30. The molecule has 0 radical (unpaired) electrons. The predicted molar refractivity (Wildman–Crippen MR) is 73.5 cm³/mol. The predicted octanol–water partition coefficient (Wildman–Crippen LogP) is 1.86. The molecule has 19 heavy (non-hydrogen) atoms. The lowest BCUT2D eigenvalue weighted by Gasteiger charge is -2.28. The van der Waals surface area contributed by atoms with E-state index in [4.69, 9.17) is 21.1 Å². The zero-order valence-corrected chi connectivity index (χ0v) is 12.2. The molecule has 1 aromatic rings. The Bertz CT molecular complexity index is 415. The molecule has 1 rings (SSSR count). The van der Waals surface area contributed by atoms with Gasteiger partial charge in [0.1, 0.15) is 5.15 Å². The van der Waals surface area contributed by atoms with E-state index in [9.17, 15) is 4.79 Å². The third kappa shape index (κ3) is 4.45. The van der Waals surface area contributed by atoms with Gasteiger partial charge in [0.05, 0.1) is 24.8 Å². The number of amides is 1. The van der Waals surface area contributed by atoms with Crippen LogP contribution in [0.5, 0.6) is 0 Å². The van der Waals surface area contributed by atoms with E-state index in [1.807, 2.05) is 6.92 Å². The van der Waals surface area contributed by atoms with Gasteiger partial charge in [-0.2, -0.15) is 0 Å². The zero-order valence-electron chi connectivity index (χ0n) is 11.4. The molecule has 1 heterocycles. The van der Waals surface area contributed by atoms with Crippen molar-refractivity contribution in [3.63, 3.8) is 0 Å². The fraction of sp³-hybridized carbons (Fsp3) is 0.538. The maximum absolute atomic E-state index is 12.5. The van der Waals surface area contributed by atoms with Gasteiger partial charge in [-0.05, 0) is 19.1 Å². The first kappa shape index (κ1) is 15.9. The Balaban J connectivity index is 2.90. The molecule has 1 amide bonds. The summed E-state index contributed by atoms with van der Waals surface area (Å²) in [5.74, 6) is -0.167. The molecule has 0 aliphatic carbocycles. The summed E-state index contributed by atoms with van der Waals surface area (Å²) >= 11 is 5.96. The topological polar surface area (TPSA) is 51.7 Å². The molecule has 0 saturated heterocycles. The van der Waals surface area contributed by atoms with Gasteiger partial charge in [-0.1, -0.05) is 11.6 Å². The number of hydrogen-bond acceptors (Lipinski definition) is 4. The van der Waals surface area contributed by atoms with E-state index in [0.717, 1.165) is 0 Å². The van der Waals surface area contributed by atoms with Gasteiger partial charge in [0, 0.05) is 27.0 Å². The molecular weight excluding hydrogens is 268 g/mol. The van der Waals surface area contributed by atoms with E-state index in [1.54, 1.807) is 37.4 Å². The highest BCUT2D eigenvalue weighted by Crippen LogP contribution is 2.16. The van der Waals surface area contributed by atoms with Crippen molar-refractivity contribution in [1.29, 1.82) is 0 Å². The summed E-state index contributed by atoms with van der Waals surface area (Å²) in [4.78, 5) is 18.1. The molecule has 0 fully saturated rings. The van der Waals surface area contributed by atoms with Gasteiger partial charge < -0.3 is 14.4 Å². The molecule has 106 valence electrons. The molecule has 1 aromatic heterocycles. The maximum Gasteiger partial charge on any atom is 0.257 e. The SMILES string of the molecule is COCCN(C(=O)c1cccnc1Cl)C(C)COC. The second-order valence-electron chi connectivity index (χ2n) is 4.14. The van der Waals surface area contributed by atoms with Crippen LogP contribution in [0, 0.1) is 0 Å². The summed E-state index contributed by atoms with van der Waals surface area (Å²) in [7, 11) is 3.20. The molecule has 0 aliphatic rings. The van der Waals surface area contributed by atoms with Crippen LogP contribution in [0.2, 0.25) is 5.15 Å². The molecule has 5 nitrogen and oxygen atoms in total. The molecule has 1 unspecified atom stereocenters. The Labute approximate surface area is 118 Å². The number of ether oxygens (including phenoxy) is 2. The molecule has 1 atom stereocenters. The summed E-state index contributed by atoms with van der Waals surface area (Å²) in [5.41, 5.74) is 0.392. The highest BCUT2D eigenvalue weighted by Gasteiger charge is 2.23. The Morgan fingerprint density at radius 3 is 2.79 bits per heavy atom. The van der Waals surface area contributed by atoms with E-state index >= 15 is 0 Å². The van der Waals surface area contributed by atoms with Crippen LogP contribution in [-0.4, -0.2) is 55.8 Å². The van der Waals surface area contributed by atoms with Crippen molar-refractivity contribution < 1.29 is 14.3 Å². The second kappa shape index (κ2) is 8.09. The zero-order chi connectivity index (χ0) is 14.3. The van der Waals surface area contributed by atoms with Crippen LogP contribution >= 0.6 is 11.6 Å². The van der Waals surface area contributed by atoms with Gasteiger partial charge >= 0.3 is 0 Å². The van der Waals surface area contributed by atoms with Crippen LogP contribution in [0.25, 0.3) is 0 Å². The Hall–Kier alpha value is -1.17. The molecule has 0 spiro atoms. The van der Waals surface area contributed by atoms with E-state index in [-0.39, 0.29) is 17.1 Å². The van der Waals surface area contributed by atoms with Crippen molar-refractivity contribution in [1.82, 2.24) is 9.88 Å². The van der Waals surface area contributed by atoms with Crippen LogP contribution in [0.1, 0.15) is 17.3 Å². The Morgan fingerprint density at radius 1 is 1.47 bits per heavy atom. The highest BCUT2D eigenvalue weighted by atomic mass is 35.5. The minimum atomic E-state index is -0.167. The number of hydrogen-bond donors (Lipinski definition) is 0. The van der Waals surface area contributed by atoms with Crippen LogP contribution in [-0.2, 0) is 9.47 Å². The van der Waals surface area contributed by atoms with Crippen molar-refractivity contribution in [3.8, 4) is 0 Å². The molecular formula is C13H19ClN2O3. The third-order valence-electron chi connectivity index (χ3n) is 2.73. The molecule has 0 aromatic carbocycles. The monoisotopic (exact) mass is 286 g/mol. The first-order chi connectivity index (χ1) is 9.11. The van der Waals surface area contributed by atoms with Crippen LogP contribution in [0.3, 0.4) is 0 Å². The first-order valence-corrected chi connectivity index (χ1v) is 6.39. The molecule has 6 heteroatoms. The number of carbonyl (C=O) groups excluding carboxylic acids is 1. The normalized spacial score (nSPS) is 12.2. The first-order valence-electron chi connectivity index (χ1n) is 6.01. The summed E-state index contributed by atoms with van der Waals surface area (Å²) in [6.07, 6.45) is 1.55. The smallest absolute Gasteiger partial charge is 0.257 e. The number of halogens is 1. The van der Waals surface area contributed by atoms with E-state index in [0.29, 0.717) is 25.3 Å². The van der Waals surface area contributed by atoms with Crippen molar-refractivity contribution in [3.05, 3.63) is 29.0 Å². The lowest BCUT2D eigenvalue weighted by molar-refractivity contribution is 0.0479. The number of pyridine rings is 1. The van der Waals surface area contributed by atoms with Crippen LogP contribution < -0.4 is 0 Å². The van der Waals surface area contributed by atoms with Gasteiger partial charge in [0.15, 0.2) is 0 Å². The number of methoxy groups -OCH3 is 2. The fourth-order valence-corrected chi connectivity index (χ4v) is 1.94. The fourth-order valence-electron chi connectivity index (χ4n) is 1.74. The number of carbonyl (C=O) groups is 1. The molecule has 0 bridgehead atoms. The summed E-state index contributed by atoms with van der Waals surface area (Å²) < 4.78 is 10.1. The minimum Gasteiger partial charge on any atom is -0.383 e. The van der Waals surface area contributed by atoms with Gasteiger partial charge in [0.25, 0.3) is 5.91 Å². The van der Waals surface area contributed by atoms with Gasteiger partial charge in [-0.15, -0.1) is 0 Å². The Morgan fingerprint density at radius 2 is 2.21 bits per heavy atom. The largest absolute Gasteiger partial charge is 0.383 e. The number of aromatic nitrogens is 1. The molecule has 0 aliphatic heterocycles. The number of nitrogens with zero attached hydrogens (tertiary/aromatic N) is 2. The number of rotatable bonds is 7. The van der Waals surface area contributed by atoms with Crippen molar-refractivity contribution in [2.75, 3.05) is 34.0 Å². The lowest BCUT2D eigenvalue weighted by Crippen LogP contribution is -2.43. The van der Waals surface area contributed by atoms with Gasteiger partial charge in [-0.3, -0.25) is 4.79 Å². The summed E-state index contributed by atoms with van der Waals surface area (Å²) in [5, 5.41) is 0.208. The Kier molecular flexibility index (Phi) is 6.77. The quantitative estimate of drug-likeness (QED) is 0.718.